The number of hydrogen-bond acceptors (Lipinski definition) is 7. The van der Waals surface area contributed by atoms with Gasteiger partial charge in [0.15, 0.2) is 17.3 Å². The number of carbonyl (C=O) groups excluding carboxylic acids is 1. The van der Waals surface area contributed by atoms with Gasteiger partial charge in [-0.1, -0.05) is 18.2 Å². The summed E-state index contributed by atoms with van der Waals surface area (Å²) in [5.41, 5.74) is 5.60. The lowest BCUT2D eigenvalue weighted by Gasteiger charge is -2.08. The van der Waals surface area contributed by atoms with E-state index in [0.29, 0.717) is 17.3 Å². The van der Waals surface area contributed by atoms with Crippen molar-refractivity contribution in [1.82, 2.24) is 35.0 Å². The quantitative estimate of drug-likeness (QED) is 0.387. The van der Waals surface area contributed by atoms with E-state index in [0.717, 1.165) is 28.3 Å². The summed E-state index contributed by atoms with van der Waals surface area (Å²) in [5.74, 6) is 0.918. The van der Waals surface area contributed by atoms with E-state index in [1.54, 1.807) is 16.8 Å². The second-order valence-electron chi connectivity index (χ2n) is 8.00. The first-order valence-corrected chi connectivity index (χ1v) is 11.0. The lowest BCUT2D eigenvalue weighted by molar-refractivity contribution is 0.102. The third-order valence-electron chi connectivity index (χ3n) is 5.65. The molecule has 0 aliphatic rings. The second-order valence-corrected chi connectivity index (χ2v) is 8.00. The molecule has 10 nitrogen and oxygen atoms in total. The average Bonchev–Trinajstić information content (AvgIpc) is 3.48. The molecule has 0 spiro atoms. The molecule has 3 heterocycles. The van der Waals surface area contributed by atoms with Crippen molar-refractivity contribution in [3.63, 3.8) is 0 Å². The highest BCUT2D eigenvalue weighted by Gasteiger charge is 2.13. The molecular weight excluding hydrogens is 442 g/mol. The molecule has 2 N–H and O–H groups in total. The van der Waals surface area contributed by atoms with E-state index in [-0.39, 0.29) is 11.6 Å². The van der Waals surface area contributed by atoms with Gasteiger partial charge in [0.1, 0.15) is 0 Å². The number of hydrogen-bond donors (Lipinski definition) is 2. The minimum absolute atomic E-state index is 0.226. The minimum Gasteiger partial charge on any atom is -0.339 e. The van der Waals surface area contributed by atoms with Crippen molar-refractivity contribution in [3.05, 3.63) is 95.6 Å². The van der Waals surface area contributed by atoms with Crippen LogP contribution in [0, 0.1) is 20.8 Å². The molecule has 0 fully saturated rings. The summed E-state index contributed by atoms with van der Waals surface area (Å²) in [5, 5.41) is 27.5. The molecule has 2 aromatic carbocycles. The molecule has 0 saturated heterocycles. The van der Waals surface area contributed by atoms with Gasteiger partial charge in [0.25, 0.3) is 5.91 Å². The highest BCUT2D eigenvalue weighted by molar-refractivity contribution is 6.02. The number of aryl methyl sites for hydroxylation is 1. The van der Waals surface area contributed by atoms with Crippen LogP contribution >= 0.6 is 0 Å². The van der Waals surface area contributed by atoms with Gasteiger partial charge in [-0.2, -0.15) is 15.0 Å². The maximum atomic E-state index is 12.6. The van der Waals surface area contributed by atoms with Crippen LogP contribution in [0.3, 0.4) is 0 Å². The largest absolute Gasteiger partial charge is 0.339 e. The summed E-state index contributed by atoms with van der Waals surface area (Å²) in [4.78, 5) is 14.0. The predicted molar refractivity (Wildman–Crippen MR) is 132 cm³/mol. The number of rotatable bonds is 6. The van der Waals surface area contributed by atoms with Crippen LogP contribution in [-0.2, 0) is 0 Å². The van der Waals surface area contributed by atoms with Crippen LogP contribution in [0.25, 0.3) is 11.5 Å². The van der Waals surface area contributed by atoms with E-state index in [1.807, 2.05) is 75.4 Å². The number of anilines is 3. The Labute approximate surface area is 201 Å². The smallest absolute Gasteiger partial charge is 0.277 e. The number of aromatic nitrogens is 7. The summed E-state index contributed by atoms with van der Waals surface area (Å²) in [6.45, 7) is 6.02. The first-order chi connectivity index (χ1) is 17.0. The molecule has 0 unspecified atom stereocenters. The third-order valence-corrected chi connectivity index (χ3v) is 5.65. The fourth-order valence-corrected chi connectivity index (χ4v) is 3.48. The summed E-state index contributed by atoms with van der Waals surface area (Å²) in [6, 6.07) is 20.4. The zero-order chi connectivity index (χ0) is 24.4. The van der Waals surface area contributed by atoms with Crippen LogP contribution in [0.5, 0.6) is 0 Å². The van der Waals surface area contributed by atoms with Crippen molar-refractivity contribution >= 4 is 23.1 Å². The summed E-state index contributed by atoms with van der Waals surface area (Å²) < 4.78 is 1.79. The van der Waals surface area contributed by atoms with Gasteiger partial charge in [-0.25, -0.2) is 4.68 Å². The molecule has 35 heavy (non-hydrogen) atoms. The monoisotopic (exact) mass is 465 g/mol. The molecule has 0 aliphatic carbocycles. The Morgan fingerprint density at radius 3 is 2.23 bits per heavy atom. The number of nitrogens with one attached hydrogen (secondary N) is 2. The molecule has 10 heteroatoms. The van der Waals surface area contributed by atoms with Crippen molar-refractivity contribution in [3.8, 4) is 11.5 Å². The van der Waals surface area contributed by atoms with Gasteiger partial charge < -0.3 is 10.6 Å². The highest BCUT2D eigenvalue weighted by atomic mass is 16.2. The summed E-state index contributed by atoms with van der Waals surface area (Å²) in [6.07, 6.45) is 1.44. The summed E-state index contributed by atoms with van der Waals surface area (Å²) in [7, 11) is 0. The van der Waals surface area contributed by atoms with Gasteiger partial charge >= 0.3 is 0 Å². The maximum absolute atomic E-state index is 12.6. The predicted octanol–water partition coefficient (Wildman–Crippen LogP) is 4.16. The molecular formula is C25H23N9O. The Kier molecular flexibility index (Phi) is 5.76. The lowest BCUT2D eigenvalue weighted by Crippen LogP contribution is -2.13. The number of para-hydroxylation sites is 1. The van der Waals surface area contributed by atoms with E-state index in [2.05, 4.69) is 36.1 Å². The molecule has 5 aromatic rings. The van der Waals surface area contributed by atoms with Crippen molar-refractivity contribution < 1.29 is 4.79 Å². The molecule has 0 aliphatic heterocycles. The van der Waals surface area contributed by atoms with Gasteiger partial charge in [0.2, 0.25) is 0 Å². The van der Waals surface area contributed by atoms with Crippen molar-refractivity contribution in [1.29, 1.82) is 0 Å². The number of amides is 1. The van der Waals surface area contributed by atoms with E-state index in [9.17, 15) is 4.79 Å². The van der Waals surface area contributed by atoms with E-state index < -0.39 is 0 Å². The Bertz CT molecular complexity index is 1470. The molecule has 0 saturated carbocycles. The Balaban J connectivity index is 1.22. The molecule has 0 atom stereocenters. The molecule has 0 bridgehead atoms. The number of carbonyl (C=O) groups is 1. The van der Waals surface area contributed by atoms with Crippen LogP contribution in [-0.4, -0.2) is 40.9 Å². The molecule has 3 aromatic heterocycles. The minimum atomic E-state index is -0.339. The number of nitrogens with zero attached hydrogens (tertiary/aromatic N) is 7. The van der Waals surface area contributed by atoms with E-state index in [4.69, 9.17) is 0 Å². The van der Waals surface area contributed by atoms with Crippen molar-refractivity contribution in [2.75, 3.05) is 10.6 Å². The van der Waals surface area contributed by atoms with Crippen molar-refractivity contribution in [2.45, 2.75) is 20.8 Å². The first-order valence-electron chi connectivity index (χ1n) is 11.0. The molecule has 174 valence electrons. The Morgan fingerprint density at radius 1 is 0.829 bits per heavy atom. The third kappa shape index (κ3) is 4.62. The summed E-state index contributed by atoms with van der Waals surface area (Å²) >= 11 is 0. The molecule has 1 amide bonds. The number of benzene rings is 2. The van der Waals surface area contributed by atoms with Gasteiger partial charge in [-0.05, 0) is 74.9 Å². The molecule has 0 radical (unpaired) electrons. The van der Waals surface area contributed by atoms with Crippen LogP contribution in [0.2, 0.25) is 0 Å². The standard InChI is InChI=1S/C25H23N9O/c1-16-17(2)31-33(18(16)3)24-14-13-23(29-30-24)27-19-9-11-20(12-10-19)28-25(35)22-15-26-34(32-22)21-7-5-4-6-8-21/h4-15H,1-3H3,(H,27,29)(H,28,35). The van der Waals surface area contributed by atoms with Gasteiger partial charge in [-0.3, -0.25) is 4.79 Å². The normalized spacial score (nSPS) is 10.8. The zero-order valence-electron chi connectivity index (χ0n) is 19.5. The van der Waals surface area contributed by atoms with Crippen LogP contribution in [0.1, 0.15) is 27.4 Å². The van der Waals surface area contributed by atoms with Gasteiger partial charge in [0, 0.05) is 17.1 Å². The Hall–Kier alpha value is -4.86. The zero-order valence-corrected chi connectivity index (χ0v) is 19.5. The highest BCUT2D eigenvalue weighted by Crippen LogP contribution is 2.19. The fraction of sp³-hybridized carbons (Fsp3) is 0.120. The van der Waals surface area contributed by atoms with E-state index >= 15 is 0 Å². The topological polar surface area (TPSA) is 115 Å². The first kappa shape index (κ1) is 22.0. The van der Waals surface area contributed by atoms with Gasteiger partial charge in [0.05, 0.1) is 17.6 Å². The van der Waals surface area contributed by atoms with Gasteiger partial charge in [-0.15, -0.1) is 15.3 Å². The fourth-order valence-electron chi connectivity index (χ4n) is 3.48. The SMILES string of the molecule is Cc1nn(-c2ccc(Nc3ccc(NC(=O)c4cnn(-c5ccccc5)n4)cc3)nn2)c(C)c1C. The van der Waals surface area contributed by atoms with Crippen LogP contribution in [0.4, 0.5) is 17.2 Å². The average molecular weight is 466 g/mol. The second kappa shape index (κ2) is 9.18. The van der Waals surface area contributed by atoms with Crippen LogP contribution < -0.4 is 10.6 Å². The van der Waals surface area contributed by atoms with E-state index in [1.165, 1.54) is 11.0 Å². The maximum Gasteiger partial charge on any atom is 0.277 e. The van der Waals surface area contributed by atoms with Crippen molar-refractivity contribution in [2.24, 2.45) is 0 Å². The van der Waals surface area contributed by atoms with Crippen LogP contribution in [0.15, 0.2) is 72.9 Å². The molecule has 5 rings (SSSR count). The lowest BCUT2D eigenvalue weighted by atomic mass is 10.2. The Morgan fingerprint density at radius 2 is 1.57 bits per heavy atom.